The topological polar surface area (TPSA) is 186 Å². The van der Waals surface area contributed by atoms with Gasteiger partial charge in [-0.25, -0.2) is 19.2 Å². The van der Waals surface area contributed by atoms with Gasteiger partial charge in [-0.05, 0) is 25.7 Å². The fourth-order valence-corrected chi connectivity index (χ4v) is 10.7. The quantitative estimate of drug-likeness (QED) is 0.0196. The maximum absolute atomic E-state index is 10.7. The molecule has 0 aliphatic rings. The van der Waals surface area contributed by atoms with Crippen molar-refractivity contribution in [1.82, 2.24) is 0 Å². The molecule has 0 radical (unpaired) electrons. The molecule has 0 aromatic heterocycles. The first-order chi connectivity index (χ1) is 41.2. The number of hydrogen-bond acceptors (Lipinski definition) is 12. The molecular weight excluding hydrogens is 1150 g/mol. The zero-order valence-corrected chi connectivity index (χ0v) is 59.3. The van der Waals surface area contributed by atoms with E-state index in [-0.39, 0.29) is 26.2 Å². The molecule has 0 atom stereocenters. The van der Waals surface area contributed by atoms with E-state index in [2.05, 4.69) is 47.2 Å². The minimum Gasteiger partial charge on any atom is -0.301 e. The zero-order valence-electron chi connectivity index (χ0n) is 56.8. The Hall–Kier alpha value is -1.40. The van der Waals surface area contributed by atoms with Gasteiger partial charge in [0.1, 0.15) is 0 Å². The second kappa shape index (κ2) is 89.0. The largest absolute Gasteiger partial charge is 0.342 e. The van der Waals surface area contributed by atoms with Crippen LogP contribution in [0.2, 0.25) is 0 Å². The number of rotatable bonds is 64. The monoisotopic (exact) mass is 1290 g/mol. The second-order valence-electron chi connectivity index (χ2n) is 24.7. The normalized spacial score (nSPS) is 10.6. The van der Waals surface area contributed by atoms with E-state index in [1.54, 1.807) is 0 Å². The van der Waals surface area contributed by atoms with Crippen LogP contribution in [0.15, 0.2) is 0 Å². The molecule has 0 amide bonds. The van der Waals surface area contributed by atoms with Gasteiger partial charge in [0, 0.05) is 51.9 Å². The van der Waals surface area contributed by atoms with Crippen LogP contribution >= 0.6 is 0 Å². The Morgan fingerprint density at radius 3 is 0.341 bits per heavy atom. The Kier molecular flexibility index (Phi) is 96.7. The van der Waals surface area contributed by atoms with Gasteiger partial charge >= 0.3 is 23.9 Å². The van der Waals surface area contributed by atoms with Gasteiger partial charge in [0.15, 0.2) is 0 Å². The molecule has 13 heteroatoms. The van der Waals surface area contributed by atoms with E-state index < -0.39 is 23.9 Å². The van der Waals surface area contributed by atoms with Crippen LogP contribution in [0.1, 0.15) is 439 Å². The van der Waals surface area contributed by atoms with Crippen molar-refractivity contribution in [2.45, 2.75) is 439 Å². The van der Waals surface area contributed by atoms with Crippen LogP contribution in [-0.2, 0) is 64.9 Å². The third-order valence-corrected chi connectivity index (χ3v) is 16.3. The fourth-order valence-electron chi connectivity index (χ4n) is 10.7. The van der Waals surface area contributed by atoms with E-state index in [1.165, 1.54) is 334 Å². The average Bonchev–Trinajstić information content (AvgIpc) is 3.51. The van der Waals surface area contributed by atoms with Crippen LogP contribution in [0.3, 0.4) is 0 Å². The molecule has 4 N–H and O–H groups in total. The van der Waals surface area contributed by atoms with Crippen LogP contribution in [-0.4, -0.2) is 44.9 Å². The first-order valence-electron chi connectivity index (χ1n) is 36.6. The van der Waals surface area contributed by atoms with Gasteiger partial charge in [-0.15, -0.1) is 0 Å². The number of carbonyl (C=O) groups excluding carboxylic acids is 4. The minimum absolute atomic E-state index is 0. The maximum atomic E-state index is 10.7. The summed E-state index contributed by atoms with van der Waals surface area (Å²) in [6.45, 7) is 9.07. The maximum Gasteiger partial charge on any atom is 0.342 e. The van der Waals surface area contributed by atoms with Gasteiger partial charge in [-0.1, -0.05) is 387 Å². The van der Waals surface area contributed by atoms with E-state index in [1.807, 2.05) is 0 Å². The van der Waals surface area contributed by atoms with E-state index in [0.29, 0.717) is 25.7 Å². The van der Waals surface area contributed by atoms with Gasteiger partial charge < -0.3 is 19.6 Å². The molecule has 0 aromatic carbocycles. The van der Waals surface area contributed by atoms with Crippen molar-refractivity contribution in [2.75, 3.05) is 0 Å². The van der Waals surface area contributed by atoms with E-state index in [0.717, 1.165) is 51.4 Å². The molecule has 0 aromatic rings. The molecule has 0 fully saturated rings. The van der Waals surface area contributed by atoms with Crippen molar-refractivity contribution >= 4 is 23.9 Å². The molecule has 0 rings (SSSR count). The fraction of sp³-hybridized carbons (Fsp3) is 0.944. The summed E-state index contributed by atoms with van der Waals surface area (Å²) in [4.78, 5) is 57.2. The summed E-state index contributed by atoms with van der Waals surface area (Å²) in [6.07, 6.45) is 80.0. The van der Waals surface area contributed by atoms with Gasteiger partial charge in [0.25, 0.3) is 0 Å². The average molecular weight is 1290 g/mol. The van der Waals surface area contributed by atoms with Crippen LogP contribution in [0.4, 0.5) is 0 Å². The van der Waals surface area contributed by atoms with Gasteiger partial charge in [0.05, 0.1) is 0 Å². The Labute approximate surface area is 545 Å². The van der Waals surface area contributed by atoms with Crippen molar-refractivity contribution in [2.24, 2.45) is 0 Å². The predicted octanol–water partition coefficient (Wildman–Crippen LogP) is 25.1. The summed E-state index contributed by atoms with van der Waals surface area (Å²) >= 11 is 0. The van der Waals surface area contributed by atoms with Crippen LogP contribution in [0.25, 0.3) is 0 Å². The molecular formula is C72H144O12Zr. The molecule has 0 saturated carbocycles. The first kappa shape index (κ1) is 92.3. The standard InChI is InChI=1S/4C18H36O3.Zr/c4*1-2-3-4-5-6-7-8-9-10-11-12-13-14-15-16-17-18(19)21-20;/h4*20H,2-17H2,1H3;. The summed E-state index contributed by atoms with van der Waals surface area (Å²) in [5, 5.41) is 32.4. The van der Waals surface area contributed by atoms with Crippen LogP contribution < -0.4 is 0 Å². The van der Waals surface area contributed by atoms with Gasteiger partial charge in [-0.2, -0.15) is 21.0 Å². The van der Waals surface area contributed by atoms with Crippen molar-refractivity contribution in [1.29, 1.82) is 0 Å². The third-order valence-electron chi connectivity index (χ3n) is 16.3. The molecule has 0 saturated heterocycles. The summed E-state index contributed by atoms with van der Waals surface area (Å²) in [5.41, 5.74) is 0. The van der Waals surface area contributed by atoms with E-state index in [4.69, 9.17) is 21.0 Å². The molecule has 0 unspecified atom stereocenters. The molecule has 508 valence electrons. The molecule has 85 heavy (non-hydrogen) atoms. The Morgan fingerprint density at radius 1 is 0.176 bits per heavy atom. The van der Waals surface area contributed by atoms with Crippen LogP contribution in [0, 0.1) is 0 Å². The first-order valence-corrected chi connectivity index (χ1v) is 36.6. The molecule has 12 nitrogen and oxygen atoms in total. The Bertz CT molecular complexity index is 1060. The number of carbonyl (C=O) groups is 4. The molecule has 0 aliphatic carbocycles. The van der Waals surface area contributed by atoms with Gasteiger partial charge in [-0.3, -0.25) is 0 Å². The summed E-state index contributed by atoms with van der Waals surface area (Å²) in [6, 6.07) is 0. The Morgan fingerprint density at radius 2 is 0.259 bits per heavy atom. The Balaban J connectivity index is -0.000000333. The van der Waals surface area contributed by atoms with Crippen molar-refractivity contribution in [3.63, 3.8) is 0 Å². The van der Waals surface area contributed by atoms with Crippen molar-refractivity contribution in [3.8, 4) is 0 Å². The summed E-state index contributed by atoms with van der Waals surface area (Å²) < 4.78 is 0. The predicted molar refractivity (Wildman–Crippen MR) is 353 cm³/mol. The minimum atomic E-state index is -0.510. The number of unbranched alkanes of at least 4 members (excludes halogenated alkanes) is 56. The SMILES string of the molecule is CCCCCCCCCCCCCCCCCC(=O)OO.CCCCCCCCCCCCCCCCCC(=O)OO.CCCCCCCCCCCCCCCCCC(=O)OO.CCCCCCCCCCCCCCCCCC(=O)OO.[Zr]. The van der Waals surface area contributed by atoms with E-state index in [9.17, 15) is 19.2 Å². The zero-order chi connectivity index (χ0) is 62.4. The summed E-state index contributed by atoms with van der Waals surface area (Å²) in [7, 11) is 0. The molecule has 0 aliphatic heterocycles. The van der Waals surface area contributed by atoms with Crippen LogP contribution in [0.5, 0.6) is 0 Å². The summed E-state index contributed by atoms with van der Waals surface area (Å²) in [5.74, 6) is -2.04. The second-order valence-corrected chi connectivity index (χ2v) is 24.7. The molecule has 0 bridgehead atoms. The van der Waals surface area contributed by atoms with Gasteiger partial charge in [0.2, 0.25) is 0 Å². The third kappa shape index (κ3) is 96.4. The smallest absolute Gasteiger partial charge is 0.301 e. The van der Waals surface area contributed by atoms with Crippen molar-refractivity contribution < 1.29 is 86.0 Å². The van der Waals surface area contributed by atoms with E-state index >= 15 is 0 Å². The number of hydrogen-bond donors (Lipinski definition) is 4. The molecule has 0 heterocycles. The molecule has 0 spiro atoms. The van der Waals surface area contributed by atoms with Crippen molar-refractivity contribution in [3.05, 3.63) is 0 Å².